The van der Waals surface area contributed by atoms with Gasteiger partial charge in [-0.05, 0) is 22.9 Å². The van der Waals surface area contributed by atoms with Crippen molar-refractivity contribution in [1.82, 2.24) is 20.2 Å². The summed E-state index contributed by atoms with van der Waals surface area (Å²) in [4.78, 5) is 11.4. The van der Waals surface area contributed by atoms with Crippen LogP contribution in [0.1, 0.15) is 18.3 Å². The maximum atomic E-state index is 11.4. The summed E-state index contributed by atoms with van der Waals surface area (Å²) in [6, 6.07) is 9.78. The second-order valence-corrected chi connectivity index (χ2v) is 4.04. The Morgan fingerprint density at radius 1 is 1.30 bits per heavy atom. The molecule has 7 heteroatoms. The minimum Gasteiger partial charge on any atom is -0.466 e. The van der Waals surface area contributed by atoms with Crippen LogP contribution in [0, 0.1) is 0 Å². The van der Waals surface area contributed by atoms with E-state index < -0.39 is 0 Å². The average Bonchev–Trinajstić information content (AvgIpc) is 2.88. The first-order chi connectivity index (χ1) is 9.79. The van der Waals surface area contributed by atoms with E-state index in [2.05, 4.69) is 15.5 Å². The summed E-state index contributed by atoms with van der Waals surface area (Å²) in [5, 5.41) is 11.1. The van der Waals surface area contributed by atoms with Crippen LogP contribution in [0.25, 0.3) is 0 Å². The van der Waals surface area contributed by atoms with Gasteiger partial charge in [0.25, 0.3) is 0 Å². The van der Waals surface area contributed by atoms with E-state index in [1.165, 1.54) is 4.68 Å². The predicted octanol–water partition coefficient (Wildman–Crippen LogP) is 0.953. The van der Waals surface area contributed by atoms with Gasteiger partial charge in [0, 0.05) is 0 Å². The molecule has 0 aliphatic heterocycles. The van der Waals surface area contributed by atoms with E-state index in [1.54, 1.807) is 6.92 Å². The normalized spacial score (nSPS) is 10.4. The van der Waals surface area contributed by atoms with E-state index in [0.29, 0.717) is 19.0 Å². The van der Waals surface area contributed by atoms with E-state index >= 15 is 0 Å². The van der Waals surface area contributed by atoms with Gasteiger partial charge in [-0.15, -0.1) is 5.10 Å². The molecule has 1 aromatic heterocycles. The fourth-order valence-corrected chi connectivity index (χ4v) is 1.62. The molecular formula is C13H16N4O3. The zero-order chi connectivity index (χ0) is 14.2. The average molecular weight is 276 g/mol. The van der Waals surface area contributed by atoms with Crippen molar-refractivity contribution in [2.75, 3.05) is 6.61 Å². The molecule has 1 aromatic carbocycles. The number of hydrogen-bond donors (Lipinski definition) is 0. The van der Waals surface area contributed by atoms with Gasteiger partial charge in [-0.3, -0.25) is 4.79 Å². The zero-order valence-corrected chi connectivity index (χ0v) is 11.2. The van der Waals surface area contributed by atoms with Crippen molar-refractivity contribution in [2.24, 2.45) is 0 Å². The van der Waals surface area contributed by atoms with Gasteiger partial charge in [-0.2, -0.15) is 0 Å². The molecule has 2 aromatic rings. The molecular weight excluding hydrogens is 260 g/mol. The lowest BCUT2D eigenvalue weighted by molar-refractivity contribution is -0.142. The van der Waals surface area contributed by atoms with E-state index in [4.69, 9.17) is 9.47 Å². The maximum Gasteiger partial charge on any atom is 0.313 e. The molecule has 0 unspecified atom stereocenters. The van der Waals surface area contributed by atoms with Crippen molar-refractivity contribution in [3.63, 3.8) is 0 Å². The lowest BCUT2D eigenvalue weighted by Crippen LogP contribution is -2.15. The maximum absolute atomic E-state index is 11.4. The third-order valence-electron chi connectivity index (χ3n) is 2.54. The van der Waals surface area contributed by atoms with Gasteiger partial charge in [0.1, 0.15) is 13.2 Å². The monoisotopic (exact) mass is 276 g/mol. The van der Waals surface area contributed by atoms with Crippen molar-refractivity contribution in [1.29, 1.82) is 0 Å². The highest BCUT2D eigenvalue weighted by Crippen LogP contribution is 2.02. The molecule has 0 aliphatic rings. The number of esters is 1. The van der Waals surface area contributed by atoms with Gasteiger partial charge < -0.3 is 9.47 Å². The Hall–Kier alpha value is -2.28. The Morgan fingerprint density at radius 2 is 2.10 bits per heavy atom. The SMILES string of the molecule is CCOC(=O)Cc1nnnn1COCc1ccccc1. The molecule has 0 bridgehead atoms. The molecule has 7 nitrogen and oxygen atoms in total. The Labute approximate surface area is 116 Å². The van der Waals surface area contributed by atoms with Crippen LogP contribution in [0.3, 0.4) is 0 Å². The molecule has 0 N–H and O–H groups in total. The van der Waals surface area contributed by atoms with Crippen molar-refractivity contribution in [2.45, 2.75) is 26.7 Å². The second-order valence-electron chi connectivity index (χ2n) is 4.04. The van der Waals surface area contributed by atoms with Gasteiger partial charge in [-0.25, -0.2) is 4.68 Å². The number of nitrogens with zero attached hydrogens (tertiary/aromatic N) is 4. The Balaban J connectivity index is 1.84. The summed E-state index contributed by atoms with van der Waals surface area (Å²) in [7, 11) is 0. The van der Waals surface area contributed by atoms with Crippen LogP contribution >= 0.6 is 0 Å². The molecule has 0 amide bonds. The summed E-state index contributed by atoms with van der Waals surface area (Å²) >= 11 is 0. The molecule has 0 fully saturated rings. The van der Waals surface area contributed by atoms with Crippen LogP contribution in [0.5, 0.6) is 0 Å². The number of aromatic nitrogens is 4. The number of carbonyl (C=O) groups is 1. The molecule has 0 saturated heterocycles. The van der Waals surface area contributed by atoms with Gasteiger partial charge in [0.2, 0.25) is 0 Å². The number of rotatable bonds is 7. The highest BCUT2D eigenvalue weighted by atomic mass is 16.5. The Bertz CT molecular complexity index is 542. The molecule has 0 aliphatic carbocycles. The summed E-state index contributed by atoms with van der Waals surface area (Å²) in [5.41, 5.74) is 1.06. The summed E-state index contributed by atoms with van der Waals surface area (Å²) in [5.74, 6) is 0.0723. The lowest BCUT2D eigenvalue weighted by Gasteiger charge is -2.06. The zero-order valence-electron chi connectivity index (χ0n) is 11.2. The van der Waals surface area contributed by atoms with Crippen LogP contribution in [0.4, 0.5) is 0 Å². The summed E-state index contributed by atoms with van der Waals surface area (Å²) in [6.45, 7) is 2.74. The van der Waals surface area contributed by atoms with E-state index in [1.807, 2.05) is 30.3 Å². The number of ether oxygens (including phenoxy) is 2. The first-order valence-electron chi connectivity index (χ1n) is 6.32. The van der Waals surface area contributed by atoms with Crippen LogP contribution in [0.15, 0.2) is 30.3 Å². The van der Waals surface area contributed by atoms with Crippen LogP contribution in [0.2, 0.25) is 0 Å². The fraction of sp³-hybridized carbons (Fsp3) is 0.385. The van der Waals surface area contributed by atoms with Gasteiger partial charge >= 0.3 is 5.97 Å². The highest BCUT2D eigenvalue weighted by Gasteiger charge is 2.12. The van der Waals surface area contributed by atoms with Gasteiger partial charge in [-0.1, -0.05) is 30.3 Å². The van der Waals surface area contributed by atoms with E-state index in [-0.39, 0.29) is 19.1 Å². The van der Waals surface area contributed by atoms with Crippen molar-refractivity contribution >= 4 is 5.97 Å². The molecule has 2 rings (SSSR count). The number of hydrogen-bond acceptors (Lipinski definition) is 6. The van der Waals surface area contributed by atoms with E-state index in [9.17, 15) is 4.79 Å². The van der Waals surface area contributed by atoms with Crippen LogP contribution in [-0.2, 0) is 34.0 Å². The molecule has 20 heavy (non-hydrogen) atoms. The van der Waals surface area contributed by atoms with Gasteiger partial charge in [0.05, 0.1) is 13.2 Å². The predicted molar refractivity (Wildman–Crippen MR) is 69.4 cm³/mol. The molecule has 106 valence electrons. The second kappa shape index (κ2) is 7.34. The minimum absolute atomic E-state index is 0.0372. The Morgan fingerprint density at radius 3 is 2.85 bits per heavy atom. The highest BCUT2D eigenvalue weighted by molar-refractivity contribution is 5.71. The van der Waals surface area contributed by atoms with Crippen LogP contribution < -0.4 is 0 Å². The molecule has 0 atom stereocenters. The first kappa shape index (κ1) is 14.1. The number of tetrazole rings is 1. The first-order valence-corrected chi connectivity index (χ1v) is 6.32. The minimum atomic E-state index is -0.355. The molecule has 0 saturated carbocycles. The standard InChI is InChI=1S/C13H16N4O3/c1-2-20-13(18)8-12-14-15-16-17(12)10-19-9-11-6-4-3-5-7-11/h3-7H,2,8-10H2,1H3. The fourth-order valence-electron chi connectivity index (χ4n) is 1.62. The number of benzene rings is 1. The van der Waals surface area contributed by atoms with Crippen LogP contribution in [-0.4, -0.2) is 32.8 Å². The topological polar surface area (TPSA) is 79.1 Å². The summed E-state index contributed by atoms with van der Waals surface area (Å²) in [6.07, 6.45) is 0.0372. The molecule has 0 spiro atoms. The lowest BCUT2D eigenvalue weighted by atomic mass is 10.2. The third kappa shape index (κ3) is 4.13. The quantitative estimate of drug-likeness (QED) is 0.701. The Kier molecular flexibility index (Phi) is 5.19. The summed E-state index contributed by atoms with van der Waals surface area (Å²) < 4.78 is 11.8. The van der Waals surface area contributed by atoms with Gasteiger partial charge in [0.15, 0.2) is 5.82 Å². The van der Waals surface area contributed by atoms with Crippen molar-refractivity contribution < 1.29 is 14.3 Å². The van der Waals surface area contributed by atoms with Crippen molar-refractivity contribution in [3.05, 3.63) is 41.7 Å². The molecule has 0 radical (unpaired) electrons. The van der Waals surface area contributed by atoms with Crippen molar-refractivity contribution in [3.8, 4) is 0 Å². The van der Waals surface area contributed by atoms with E-state index in [0.717, 1.165) is 5.56 Å². The smallest absolute Gasteiger partial charge is 0.313 e. The number of carbonyl (C=O) groups excluding carboxylic acids is 1. The largest absolute Gasteiger partial charge is 0.466 e. The third-order valence-corrected chi connectivity index (χ3v) is 2.54. The molecule has 1 heterocycles.